The van der Waals surface area contributed by atoms with Crippen LogP contribution < -0.4 is 14.2 Å². The Labute approximate surface area is 137 Å². The molecular formula is C17H14N2O5. The highest BCUT2D eigenvalue weighted by Gasteiger charge is 2.14. The summed E-state index contributed by atoms with van der Waals surface area (Å²) in [6.45, 7) is 1.10. The van der Waals surface area contributed by atoms with E-state index in [9.17, 15) is 4.79 Å². The molecule has 24 heavy (non-hydrogen) atoms. The topological polar surface area (TPSA) is 71.3 Å². The molecule has 0 bridgehead atoms. The van der Waals surface area contributed by atoms with Gasteiger partial charge in [0.05, 0.1) is 19.0 Å². The number of aromatic nitrogens is 2. The highest BCUT2D eigenvalue weighted by atomic mass is 16.7. The number of carbonyl (C=O) groups excluding carboxylic acids is 1. The normalized spacial score (nSPS) is 12.9. The summed E-state index contributed by atoms with van der Waals surface area (Å²) in [6, 6.07) is 9.13. The lowest BCUT2D eigenvalue weighted by atomic mass is 10.1. The number of ether oxygens (including phenoxy) is 4. The Balaban J connectivity index is 1.68. The third-order valence-electron chi connectivity index (χ3n) is 3.63. The highest BCUT2D eigenvalue weighted by molar-refractivity contribution is 5.67. The largest absolute Gasteiger partial charge is 0.513 e. The van der Waals surface area contributed by atoms with Gasteiger partial charge in [-0.05, 0) is 30.3 Å². The molecule has 122 valence electrons. The fraction of sp³-hybridized carbons (Fsp3) is 0.176. The van der Waals surface area contributed by atoms with Crippen molar-refractivity contribution < 1.29 is 23.7 Å². The average molecular weight is 326 g/mol. The van der Waals surface area contributed by atoms with Crippen molar-refractivity contribution in [2.45, 2.75) is 0 Å². The molecule has 1 aliphatic rings. The van der Waals surface area contributed by atoms with E-state index >= 15 is 0 Å². The van der Waals surface area contributed by atoms with Gasteiger partial charge in [0.2, 0.25) is 0 Å². The Morgan fingerprint density at radius 2 is 1.96 bits per heavy atom. The number of methoxy groups -OCH3 is 1. The fourth-order valence-corrected chi connectivity index (χ4v) is 2.51. The van der Waals surface area contributed by atoms with E-state index in [1.54, 1.807) is 22.7 Å². The fourth-order valence-electron chi connectivity index (χ4n) is 2.51. The van der Waals surface area contributed by atoms with E-state index in [2.05, 4.69) is 9.72 Å². The molecule has 0 radical (unpaired) electrons. The molecular weight excluding hydrogens is 312 g/mol. The quantitative estimate of drug-likeness (QED) is 0.674. The molecule has 3 heterocycles. The summed E-state index contributed by atoms with van der Waals surface area (Å²) in [5, 5.41) is 0. The molecule has 1 aliphatic heterocycles. The molecule has 0 N–H and O–H groups in total. The van der Waals surface area contributed by atoms with Crippen LogP contribution in [0.2, 0.25) is 0 Å². The second kappa shape index (κ2) is 5.77. The van der Waals surface area contributed by atoms with Crippen molar-refractivity contribution in [2.75, 3.05) is 20.3 Å². The Kier molecular flexibility index (Phi) is 3.45. The minimum Gasteiger partial charge on any atom is -0.486 e. The number of imidazole rings is 1. The van der Waals surface area contributed by atoms with Gasteiger partial charge < -0.3 is 23.3 Å². The zero-order valence-electron chi connectivity index (χ0n) is 12.9. The van der Waals surface area contributed by atoms with Crippen LogP contribution in [-0.4, -0.2) is 35.9 Å². The van der Waals surface area contributed by atoms with Crippen LogP contribution in [-0.2, 0) is 4.74 Å². The Morgan fingerprint density at radius 3 is 2.79 bits per heavy atom. The maximum absolute atomic E-state index is 11.2. The number of benzene rings is 1. The summed E-state index contributed by atoms with van der Waals surface area (Å²) in [6.07, 6.45) is 2.76. The first-order chi connectivity index (χ1) is 11.7. The van der Waals surface area contributed by atoms with Gasteiger partial charge in [-0.2, -0.15) is 0 Å². The molecule has 7 heteroatoms. The van der Waals surface area contributed by atoms with E-state index < -0.39 is 6.16 Å². The molecule has 3 aromatic rings. The number of carbonyl (C=O) groups is 1. The van der Waals surface area contributed by atoms with E-state index in [-0.39, 0.29) is 0 Å². The SMILES string of the molecule is COC(=O)Oc1ccc2nc(-c3ccc4c(c3)OCCO4)cn2c1. The van der Waals surface area contributed by atoms with Gasteiger partial charge in [0.15, 0.2) is 17.2 Å². The summed E-state index contributed by atoms with van der Waals surface area (Å²) >= 11 is 0. The van der Waals surface area contributed by atoms with E-state index in [1.165, 1.54) is 7.11 Å². The Morgan fingerprint density at radius 1 is 1.12 bits per heavy atom. The number of nitrogens with zero attached hydrogens (tertiary/aromatic N) is 2. The molecule has 0 aliphatic carbocycles. The molecule has 0 atom stereocenters. The van der Waals surface area contributed by atoms with E-state index in [0.29, 0.717) is 24.7 Å². The van der Waals surface area contributed by atoms with Crippen molar-refractivity contribution in [1.82, 2.24) is 9.38 Å². The van der Waals surface area contributed by atoms with Crippen LogP contribution in [0.15, 0.2) is 42.7 Å². The van der Waals surface area contributed by atoms with Gasteiger partial charge in [-0.25, -0.2) is 9.78 Å². The molecule has 0 spiro atoms. The number of pyridine rings is 1. The number of hydrogen-bond acceptors (Lipinski definition) is 6. The molecule has 0 unspecified atom stereocenters. The molecule has 4 rings (SSSR count). The Hall–Kier alpha value is -3.22. The highest BCUT2D eigenvalue weighted by Crippen LogP contribution is 2.34. The van der Waals surface area contributed by atoms with E-state index in [1.807, 2.05) is 24.4 Å². The lowest BCUT2D eigenvalue weighted by Crippen LogP contribution is -2.15. The second-order valence-corrected chi connectivity index (χ2v) is 5.17. The van der Waals surface area contributed by atoms with Crippen LogP contribution in [0.5, 0.6) is 17.2 Å². The van der Waals surface area contributed by atoms with Crippen LogP contribution >= 0.6 is 0 Å². The van der Waals surface area contributed by atoms with Gasteiger partial charge in [-0.3, -0.25) is 0 Å². The van der Waals surface area contributed by atoms with Crippen molar-refractivity contribution in [2.24, 2.45) is 0 Å². The molecule has 0 amide bonds. The summed E-state index contributed by atoms with van der Waals surface area (Å²) in [4.78, 5) is 15.8. The third kappa shape index (κ3) is 2.60. The Bertz CT molecular complexity index is 918. The number of rotatable bonds is 2. The lowest BCUT2D eigenvalue weighted by molar-refractivity contribution is 0.121. The molecule has 0 saturated heterocycles. The minimum absolute atomic E-state index is 0.375. The van der Waals surface area contributed by atoms with Gasteiger partial charge in [-0.1, -0.05) is 0 Å². The van der Waals surface area contributed by atoms with Crippen molar-refractivity contribution in [3.05, 3.63) is 42.7 Å². The van der Waals surface area contributed by atoms with Crippen LogP contribution in [0.3, 0.4) is 0 Å². The lowest BCUT2D eigenvalue weighted by Gasteiger charge is -2.18. The molecule has 0 fully saturated rings. The third-order valence-corrected chi connectivity index (χ3v) is 3.63. The standard InChI is InChI=1S/C17H14N2O5/c1-21-17(20)24-12-3-5-16-18-13(10-19(16)9-12)11-2-4-14-15(8-11)23-7-6-22-14/h2-5,8-10H,6-7H2,1H3. The van der Waals surface area contributed by atoms with Crippen molar-refractivity contribution in [3.63, 3.8) is 0 Å². The first-order valence-corrected chi connectivity index (χ1v) is 7.37. The van der Waals surface area contributed by atoms with Gasteiger partial charge in [0, 0.05) is 11.8 Å². The zero-order valence-corrected chi connectivity index (χ0v) is 12.9. The van der Waals surface area contributed by atoms with Crippen molar-refractivity contribution in [3.8, 4) is 28.5 Å². The van der Waals surface area contributed by atoms with Crippen LogP contribution in [0.1, 0.15) is 0 Å². The summed E-state index contributed by atoms with van der Waals surface area (Å²) in [5.74, 6) is 1.83. The van der Waals surface area contributed by atoms with Crippen molar-refractivity contribution in [1.29, 1.82) is 0 Å². The molecule has 7 nitrogen and oxygen atoms in total. The van der Waals surface area contributed by atoms with Gasteiger partial charge in [0.1, 0.15) is 18.9 Å². The van der Waals surface area contributed by atoms with Crippen LogP contribution in [0, 0.1) is 0 Å². The molecule has 2 aromatic heterocycles. The maximum atomic E-state index is 11.2. The minimum atomic E-state index is -0.762. The predicted molar refractivity (Wildman–Crippen MR) is 84.7 cm³/mol. The van der Waals surface area contributed by atoms with E-state index in [4.69, 9.17) is 14.2 Å². The zero-order chi connectivity index (χ0) is 16.5. The second-order valence-electron chi connectivity index (χ2n) is 5.17. The predicted octanol–water partition coefficient (Wildman–Crippen LogP) is 2.92. The average Bonchev–Trinajstić information content (AvgIpc) is 3.04. The summed E-state index contributed by atoms with van der Waals surface area (Å²) in [7, 11) is 1.26. The van der Waals surface area contributed by atoms with E-state index in [0.717, 1.165) is 22.7 Å². The smallest absolute Gasteiger partial charge is 0.486 e. The van der Waals surface area contributed by atoms with Crippen LogP contribution in [0.4, 0.5) is 4.79 Å². The van der Waals surface area contributed by atoms with Gasteiger partial charge in [0.25, 0.3) is 0 Å². The van der Waals surface area contributed by atoms with Crippen LogP contribution in [0.25, 0.3) is 16.9 Å². The summed E-state index contributed by atoms with van der Waals surface area (Å²) < 4.78 is 22.4. The first kappa shape index (κ1) is 14.4. The van der Waals surface area contributed by atoms with Crippen molar-refractivity contribution >= 4 is 11.8 Å². The number of hydrogen-bond donors (Lipinski definition) is 0. The first-order valence-electron chi connectivity index (χ1n) is 7.37. The summed E-state index contributed by atoms with van der Waals surface area (Å²) in [5.41, 5.74) is 2.43. The monoisotopic (exact) mass is 326 g/mol. The van der Waals surface area contributed by atoms with Gasteiger partial charge >= 0.3 is 6.16 Å². The molecule has 1 aromatic carbocycles. The maximum Gasteiger partial charge on any atom is 0.513 e. The van der Waals surface area contributed by atoms with Gasteiger partial charge in [-0.15, -0.1) is 0 Å². The molecule has 0 saturated carbocycles. The number of fused-ring (bicyclic) bond motifs is 2.